The molecule has 1 aromatic rings. The molecule has 2 rings (SSSR count). The molecule has 2 atom stereocenters. The van der Waals surface area contributed by atoms with Crippen molar-refractivity contribution in [1.82, 2.24) is 5.48 Å². The maximum absolute atomic E-state index is 13.0. The van der Waals surface area contributed by atoms with Crippen molar-refractivity contribution in [3.8, 4) is 5.75 Å². The Morgan fingerprint density at radius 3 is 3.06 bits per heavy atom. The zero-order chi connectivity index (χ0) is 11.5. The summed E-state index contributed by atoms with van der Waals surface area (Å²) < 4.78 is 18.6. The number of nitrogens with one attached hydrogen (secondary N) is 1. The summed E-state index contributed by atoms with van der Waals surface area (Å²) >= 11 is 0. The molecule has 86 valence electrons. The molecular formula is C12H14FNO2. The van der Waals surface area contributed by atoms with Crippen LogP contribution in [0.15, 0.2) is 30.4 Å². The lowest BCUT2D eigenvalue weighted by molar-refractivity contribution is -0.0139. The molecule has 0 bridgehead atoms. The molecule has 0 fully saturated rings. The van der Waals surface area contributed by atoms with Gasteiger partial charge >= 0.3 is 0 Å². The van der Waals surface area contributed by atoms with Gasteiger partial charge in [0.15, 0.2) is 6.23 Å². The zero-order valence-corrected chi connectivity index (χ0v) is 8.98. The largest absolute Gasteiger partial charge is 0.472 e. The van der Waals surface area contributed by atoms with Crippen LogP contribution in [-0.4, -0.2) is 11.4 Å². The lowest BCUT2D eigenvalue weighted by atomic mass is 9.94. The fourth-order valence-electron chi connectivity index (χ4n) is 1.95. The molecule has 2 N–H and O–H groups in total. The van der Waals surface area contributed by atoms with Crippen LogP contribution in [0.1, 0.15) is 12.5 Å². The van der Waals surface area contributed by atoms with Crippen molar-refractivity contribution in [2.75, 3.05) is 0 Å². The second kappa shape index (κ2) is 4.63. The molecule has 1 heterocycles. The maximum atomic E-state index is 13.0. The number of rotatable bonds is 2. The molecule has 3 nitrogen and oxygen atoms in total. The van der Waals surface area contributed by atoms with Crippen molar-refractivity contribution in [2.24, 2.45) is 5.92 Å². The van der Waals surface area contributed by atoms with Crippen LogP contribution in [0, 0.1) is 11.7 Å². The number of fused-ring (bicyclic) bond motifs is 1. The maximum Gasteiger partial charge on any atom is 0.177 e. The van der Waals surface area contributed by atoms with Gasteiger partial charge in [-0.25, -0.2) is 4.39 Å². The third-order valence-electron chi connectivity index (χ3n) is 2.69. The Balaban J connectivity index is 2.30. The van der Waals surface area contributed by atoms with Crippen LogP contribution in [0.3, 0.4) is 0 Å². The van der Waals surface area contributed by atoms with Gasteiger partial charge in [0.1, 0.15) is 11.6 Å². The number of benzene rings is 1. The number of allylic oxidation sites excluding steroid dienone is 1. The van der Waals surface area contributed by atoms with Crippen LogP contribution in [0.5, 0.6) is 5.75 Å². The number of hydroxylamine groups is 1. The van der Waals surface area contributed by atoms with E-state index in [0.717, 1.165) is 5.56 Å². The summed E-state index contributed by atoms with van der Waals surface area (Å²) in [7, 11) is 0. The van der Waals surface area contributed by atoms with E-state index in [-0.39, 0.29) is 11.7 Å². The molecule has 1 aliphatic heterocycles. The third-order valence-corrected chi connectivity index (χ3v) is 2.69. The number of hydrogen-bond donors (Lipinski definition) is 2. The first-order valence-corrected chi connectivity index (χ1v) is 5.22. The highest BCUT2D eigenvalue weighted by molar-refractivity contribution is 5.36. The molecule has 0 radical (unpaired) electrons. The van der Waals surface area contributed by atoms with Gasteiger partial charge in [0.2, 0.25) is 0 Å². The first-order valence-electron chi connectivity index (χ1n) is 5.22. The van der Waals surface area contributed by atoms with Crippen molar-refractivity contribution in [1.29, 1.82) is 0 Å². The number of halogens is 1. The second-order valence-corrected chi connectivity index (χ2v) is 3.81. The molecule has 0 aromatic heterocycles. The van der Waals surface area contributed by atoms with Gasteiger partial charge in [-0.1, -0.05) is 12.2 Å². The molecule has 2 unspecified atom stereocenters. The van der Waals surface area contributed by atoms with E-state index in [1.807, 2.05) is 19.1 Å². The molecule has 1 aromatic carbocycles. The predicted octanol–water partition coefficient (Wildman–Crippen LogP) is 2.26. The SMILES string of the molecule is C/C=C\C1Cc2cc(F)ccc2OC1NO. The van der Waals surface area contributed by atoms with Crippen molar-refractivity contribution >= 4 is 0 Å². The van der Waals surface area contributed by atoms with Gasteiger partial charge in [-0.3, -0.25) is 0 Å². The Morgan fingerprint density at radius 2 is 2.38 bits per heavy atom. The van der Waals surface area contributed by atoms with E-state index < -0.39 is 6.23 Å². The van der Waals surface area contributed by atoms with E-state index in [1.54, 1.807) is 6.07 Å². The summed E-state index contributed by atoms with van der Waals surface area (Å²) in [6.07, 6.45) is 3.99. The second-order valence-electron chi connectivity index (χ2n) is 3.81. The summed E-state index contributed by atoms with van der Waals surface area (Å²) in [4.78, 5) is 0. The van der Waals surface area contributed by atoms with Gasteiger partial charge in [0, 0.05) is 5.92 Å². The smallest absolute Gasteiger partial charge is 0.177 e. The molecular weight excluding hydrogens is 209 g/mol. The summed E-state index contributed by atoms with van der Waals surface area (Å²) in [5.41, 5.74) is 2.96. The van der Waals surface area contributed by atoms with Crippen LogP contribution in [0.25, 0.3) is 0 Å². The molecule has 0 aliphatic carbocycles. The summed E-state index contributed by atoms with van der Waals surface area (Å²) in [6, 6.07) is 4.41. The first kappa shape index (κ1) is 11.1. The minimum atomic E-state index is -0.478. The normalized spacial score (nSPS) is 24.2. The summed E-state index contributed by atoms with van der Waals surface area (Å²) in [6.45, 7) is 1.90. The first-order chi connectivity index (χ1) is 7.74. The van der Waals surface area contributed by atoms with E-state index >= 15 is 0 Å². The van der Waals surface area contributed by atoms with Gasteiger partial charge < -0.3 is 9.94 Å². The van der Waals surface area contributed by atoms with Crippen LogP contribution in [0.4, 0.5) is 4.39 Å². The van der Waals surface area contributed by atoms with E-state index in [9.17, 15) is 4.39 Å². The number of hydrogen-bond acceptors (Lipinski definition) is 3. The molecule has 0 saturated carbocycles. The van der Waals surface area contributed by atoms with E-state index in [4.69, 9.17) is 9.94 Å². The highest BCUT2D eigenvalue weighted by atomic mass is 19.1. The lowest BCUT2D eigenvalue weighted by Crippen LogP contribution is -2.42. The highest BCUT2D eigenvalue weighted by Gasteiger charge is 2.27. The van der Waals surface area contributed by atoms with Crippen LogP contribution in [0.2, 0.25) is 0 Å². The Kier molecular flexibility index (Phi) is 3.22. The van der Waals surface area contributed by atoms with Gasteiger partial charge in [-0.15, -0.1) is 0 Å². The van der Waals surface area contributed by atoms with Gasteiger partial charge in [-0.05, 0) is 37.1 Å². The Bertz CT molecular complexity index is 406. The standard InChI is InChI=1S/C12H14FNO2/c1-2-3-8-6-9-7-10(13)4-5-11(9)16-12(8)14-15/h2-5,7-8,12,14-15H,6H2,1H3/b3-2-. The Labute approximate surface area is 93.5 Å². The van der Waals surface area contributed by atoms with Crippen molar-refractivity contribution in [3.05, 3.63) is 41.7 Å². The van der Waals surface area contributed by atoms with Crippen molar-refractivity contribution in [2.45, 2.75) is 19.6 Å². The van der Waals surface area contributed by atoms with Crippen LogP contribution < -0.4 is 10.2 Å². The third kappa shape index (κ3) is 2.08. The highest BCUT2D eigenvalue weighted by Crippen LogP contribution is 2.31. The molecule has 4 heteroatoms. The zero-order valence-electron chi connectivity index (χ0n) is 8.98. The minimum absolute atomic E-state index is 0.00398. The van der Waals surface area contributed by atoms with E-state index in [1.165, 1.54) is 12.1 Å². The molecule has 1 aliphatic rings. The van der Waals surface area contributed by atoms with Crippen LogP contribution in [-0.2, 0) is 6.42 Å². The molecule has 16 heavy (non-hydrogen) atoms. The number of ether oxygens (including phenoxy) is 1. The van der Waals surface area contributed by atoms with Crippen molar-refractivity contribution < 1.29 is 14.3 Å². The lowest BCUT2D eigenvalue weighted by Gasteiger charge is -2.30. The van der Waals surface area contributed by atoms with Gasteiger partial charge in [0.25, 0.3) is 0 Å². The summed E-state index contributed by atoms with van der Waals surface area (Å²) in [5.74, 6) is 0.356. The molecule has 0 spiro atoms. The Hall–Kier alpha value is -1.39. The van der Waals surface area contributed by atoms with Crippen LogP contribution >= 0.6 is 0 Å². The fraction of sp³-hybridized carbons (Fsp3) is 0.333. The Morgan fingerprint density at radius 1 is 1.56 bits per heavy atom. The monoisotopic (exact) mass is 223 g/mol. The summed E-state index contributed by atoms with van der Waals surface area (Å²) in [5, 5.41) is 8.99. The quantitative estimate of drug-likeness (QED) is 0.597. The molecule has 0 amide bonds. The van der Waals surface area contributed by atoms with Gasteiger partial charge in [0.05, 0.1) is 0 Å². The van der Waals surface area contributed by atoms with E-state index in [2.05, 4.69) is 5.48 Å². The minimum Gasteiger partial charge on any atom is -0.472 e. The van der Waals surface area contributed by atoms with Crippen molar-refractivity contribution in [3.63, 3.8) is 0 Å². The fourth-order valence-corrected chi connectivity index (χ4v) is 1.95. The van der Waals surface area contributed by atoms with Gasteiger partial charge in [-0.2, -0.15) is 5.48 Å². The average molecular weight is 223 g/mol. The molecule has 0 saturated heterocycles. The predicted molar refractivity (Wildman–Crippen MR) is 57.7 cm³/mol. The average Bonchev–Trinajstić information content (AvgIpc) is 2.28. The van der Waals surface area contributed by atoms with E-state index in [0.29, 0.717) is 12.2 Å². The topological polar surface area (TPSA) is 41.5 Å².